The molecule has 9 heteroatoms. The fourth-order valence-electron chi connectivity index (χ4n) is 2.31. The summed E-state index contributed by atoms with van der Waals surface area (Å²) in [4.78, 5) is 30.0. The summed E-state index contributed by atoms with van der Waals surface area (Å²) in [5.74, 6) is -0.282. The molecule has 0 saturated heterocycles. The van der Waals surface area contributed by atoms with Gasteiger partial charge < -0.3 is 4.57 Å². The summed E-state index contributed by atoms with van der Waals surface area (Å²) in [5.41, 5.74) is 0.502. The summed E-state index contributed by atoms with van der Waals surface area (Å²) in [5, 5.41) is 12.7. The lowest BCUT2D eigenvalue weighted by molar-refractivity contribution is 0.103. The maximum absolute atomic E-state index is 12.5. The third kappa shape index (κ3) is 3.09. The number of fused-ring (bicyclic) bond motifs is 1. The lowest BCUT2D eigenvalue weighted by Crippen LogP contribution is -2.17. The minimum Gasteiger partial charge on any atom is -0.302 e. The first-order valence-electron chi connectivity index (χ1n) is 7.59. The summed E-state index contributed by atoms with van der Waals surface area (Å²) >= 11 is 2.60. The molecular formula is C15H17N5O2S2. The number of thiophene rings is 1. The quantitative estimate of drug-likeness (QED) is 0.753. The van der Waals surface area contributed by atoms with Crippen LogP contribution in [0.2, 0.25) is 0 Å². The summed E-state index contributed by atoms with van der Waals surface area (Å²) in [6.45, 7) is 3.88. The van der Waals surface area contributed by atoms with Crippen molar-refractivity contribution in [2.24, 2.45) is 7.05 Å². The van der Waals surface area contributed by atoms with Crippen molar-refractivity contribution < 1.29 is 4.79 Å². The van der Waals surface area contributed by atoms with Crippen LogP contribution in [0.5, 0.6) is 0 Å². The van der Waals surface area contributed by atoms with Gasteiger partial charge in [0.15, 0.2) is 0 Å². The van der Waals surface area contributed by atoms with Gasteiger partial charge in [0.1, 0.15) is 9.84 Å². The Labute approximate surface area is 146 Å². The highest BCUT2D eigenvalue weighted by Gasteiger charge is 2.20. The molecule has 3 heterocycles. The van der Waals surface area contributed by atoms with Gasteiger partial charge in [-0.2, -0.15) is 0 Å². The van der Waals surface area contributed by atoms with Crippen LogP contribution in [0.15, 0.2) is 11.1 Å². The first kappa shape index (κ1) is 16.7. The fourth-order valence-corrected chi connectivity index (χ4v) is 4.12. The number of nitrogens with zero attached hydrogens (tertiary/aromatic N) is 4. The normalized spacial score (nSPS) is 11.1. The van der Waals surface area contributed by atoms with E-state index in [2.05, 4.69) is 27.4 Å². The highest BCUT2D eigenvalue weighted by Crippen LogP contribution is 2.28. The molecule has 0 saturated carbocycles. The molecule has 0 aromatic carbocycles. The van der Waals surface area contributed by atoms with Gasteiger partial charge in [-0.15, -0.1) is 21.5 Å². The zero-order chi connectivity index (χ0) is 17.3. The predicted molar refractivity (Wildman–Crippen MR) is 96.1 cm³/mol. The maximum Gasteiger partial charge on any atom is 0.267 e. The van der Waals surface area contributed by atoms with Crippen molar-refractivity contribution in [1.82, 2.24) is 19.7 Å². The SMILES string of the molecule is CCCCc1nnc(NC(=O)c2sc3ncn(C)c(=O)c3c2C)s1. The Balaban J connectivity index is 1.86. The third-order valence-corrected chi connectivity index (χ3v) is 5.75. The topological polar surface area (TPSA) is 89.8 Å². The van der Waals surface area contributed by atoms with E-state index >= 15 is 0 Å². The minimum atomic E-state index is -0.282. The van der Waals surface area contributed by atoms with E-state index in [0.717, 1.165) is 24.3 Å². The number of hydrogen-bond donors (Lipinski definition) is 1. The minimum absolute atomic E-state index is 0.148. The fraction of sp³-hybridized carbons (Fsp3) is 0.400. The molecule has 0 unspecified atom stereocenters. The maximum atomic E-state index is 12.5. The van der Waals surface area contributed by atoms with Crippen LogP contribution in [-0.2, 0) is 13.5 Å². The van der Waals surface area contributed by atoms with Crippen molar-refractivity contribution >= 4 is 43.9 Å². The molecule has 0 fully saturated rings. The average molecular weight is 363 g/mol. The van der Waals surface area contributed by atoms with Crippen LogP contribution in [0.3, 0.4) is 0 Å². The van der Waals surface area contributed by atoms with Crippen LogP contribution in [-0.4, -0.2) is 25.7 Å². The number of anilines is 1. The van der Waals surface area contributed by atoms with Crippen molar-refractivity contribution in [3.63, 3.8) is 0 Å². The molecule has 0 atom stereocenters. The van der Waals surface area contributed by atoms with Crippen LogP contribution in [0.4, 0.5) is 5.13 Å². The molecule has 3 aromatic rings. The zero-order valence-corrected chi connectivity index (χ0v) is 15.3. The van der Waals surface area contributed by atoms with Crippen LogP contribution in [0.25, 0.3) is 10.2 Å². The van der Waals surface area contributed by atoms with Crippen molar-refractivity contribution in [1.29, 1.82) is 0 Å². The zero-order valence-electron chi connectivity index (χ0n) is 13.6. The molecule has 1 amide bonds. The van der Waals surface area contributed by atoms with E-state index in [1.807, 2.05) is 0 Å². The van der Waals surface area contributed by atoms with Crippen molar-refractivity contribution in [3.05, 3.63) is 32.1 Å². The Hall–Kier alpha value is -2.13. The second kappa shape index (κ2) is 6.78. The van der Waals surface area contributed by atoms with Crippen LogP contribution < -0.4 is 10.9 Å². The Morgan fingerprint density at radius 1 is 1.33 bits per heavy atom. The first-order valence-corrected chi connectivity index (χ1v) is 9.23. The van der Waals surface area contributed by atoms with Crippen molar-refractivity contribution in [3.8, 4) is 0 Å². The Kier molecular flexibility index (Phi) is 4.72. The van der Waals surface area contributed by atoms with E-state index in [1.54, 1.807) is 14.0 Å². The highest BCUT2D eigenvalue weighted by molar-refractivity contribution is 7.21. The Bertz CT molecular complexity index is 957. The van der Waals surface area contributed by atoms with Gasteiger partial charge in [-0.05, 0) is 18.9 Å². The molecule has 0 aliphatic rings. The summed E-state index contributed by atoms with van der Waals surface area (Å²) in [6, 6.07) is 0. The summed E-state index contributed by atoms with van der Waals surface area (Å²) in [7, 11) is 1.64. The van der Waals surface area contributed by atoms with E-state index in [4.69, 9.17) is 0 Å². The lowest BCUT2D eigenvalue weighted by Gasteiger charge is -1.99. The Morgan fingerprint density at radius 3 is 2.88 bits per heavy atom. The number of amides is 1. The molecule has 0 aliphatic carbocycles. The number of nitrogens with one attached hydrogen (secondary N) is 1. The number of unbranched alkanes of at least 4 members (excludes halogenated alkanes) is 1. The molecule has 3 rings (SSSR count). The van der Waals surface area contributed by atoms with Crippen LogP contribution >= 0.6 is 22.7 Å². The lowest BCUT2D eigenvalue weighted by atomic mass is 10.2. The second-order valence-corrected chi connectivity index (χ2v) is 7.52. The standard InChI is InChI=1S/C15H17N5O2S2/c1-4-5-6-9-18-19-15(23-9)17-12(21)11-8(2)10-13(24-11)16-7-20(3)14(10)22/h7H,4-6H2,1-3H3,(H,17,19,21). The molecule has 0 aliphatic heterocycles. The van der Waals surface area contributed by atoms with E-state index in [-0.39, 0.29) is 11.5 Å². The number of carbonyl (C=O) groups is 1. The van der Waals surface area contributed by atoms with Gasteiger partial charge in [-0.3, -0.25) is 14.9 Å². The Morgan fingerprint density at radius 2 is 2.12 bits per heavy atom. The van der Waals surface area contributed by atoms with Gasteiger partial charge in [-0.25, -0.2) is 4.98 Å². The largest absolute Gasteiger partial charge is 0.302 e. The summed E-state index contributed by atoms with van der Waals surface area (Å²) < 4.78 is 1.41. The molecule has 126 valence electrons. The number of hydrogen-bond acceptors (Lipinski definition) is 7. The van der Waals surface area contributed by atoms with Gasteiger partial charge in [0.25, 0.3) is 11.5 Å². The molecule has 24 heavy (non-hydrogen) atoms. The number of aryl methyl sites for hydroxylation is 3. The number of aromatic nitrogens is 4. The van der Waals surface area contributed by atoms with Gasteiger partial charge in [0, 0.05) is 13.5 Å². The molecule has 7 nitrogen and oxygen atoms in total. The highest BCUT2D eigenvalue weighted by atomic mass is 32.1. The first-order chi connectivity index (χ1) is 11.5. The smallest absolute Gasteiger partial charge is 0.267 e. The second-order valence-electron chi connectivity index (χ2n) is 5.46. The van der Waals surface area contributed by atoms with E-state index < -0.39 is 0 Å². The molecule has 1 N–H and O–H groups in total. The van der Waals surface area contributed by atoms with E-state index in [9.17, 15) is 9.59 Å². The summed E-state index contributed by atoms with van der Waals surface area (Å²) in [6.07, 6.45) is 4.47. The molecule has 0 spiro atoms. The van der Waals surface area contributed by atoms with Crippen molar-refractivity contribution in [2.75, 3.05) is 5.32 Å². The van der Waals surface area contributed by atoms with Gasteiger partial charge in [0.05, 0.1) is 16.6 Å². The molecular weight excluding hydrogens is 346 g/mol. The van der Waals surface area contributed by atoms with Gasteiger partial charge in [0.2, 0.25) is 5.13 Å². The van der Waals surface area contributed by atoms with Crippen molar-refractivity contribution in [2.45, 2.75) is 33.1 Å². The van der Waals surface area contributed by atoms with E-state index in [1.165, 1.54) is 33.6 Å². The van der Waals surface area contributed by atoms with Gasteiger partial charge >= 0.3 is 0 Å². The monoisotopic (exact) mass is 363 g/mol. The van der Waals surface area contributed by atoms with Gasteiger partial charge in [-0.1, -0.05) is 24.7 Å². The van der Waals surface area contributed by atoms with Crippen LogP contribution in [0.1, 0.15) is 40.0 Å². The molecule has 0 bridgehead atoms. The molecule has 3 aromatic heterocycles. The molecule has 0 radical (unpaired) electrons. The van der Waals surface area contributed by atoms with Crippen LogP contribution in [0, 0.1) is 6.92 Å². The predicted octanol–water partition coefficient (Wildman–Crippen LogP) is 2.75. The number of carbonyl (C=O) groups excluding carboxylic acids is 1. The average Bonchev–Trinajstić information content (AvgIpc) is 3.14. The number of rotatable bonds is 5. The van der Waals surface area contributed by atoms with E-state index in [0.29, 0.717) is 25.8 Å². The third-order valence-electron chi connectivity index (χ3n) is 3.65.